The van der Waals surface area contributed by atoms with Crippen LogP contribution in [0.25, 0.3) is 21.8 Å². The molecule has 1 aliphatic heterocycles. The molecule has 7 nitrogen and oxygen atoms in total. The highest BCUT2D eigenvalue weighted by atomic mass is 19.1. The number of carbonyl (C=O) groups is 1. The van der Waals surface area contributed by atoms with Crippen LogP contribution in [0.5, 0.6) is 0 Å². The summed E-state index contributed by atoms with van der Waals surface area (Å²) in [6.45, 7) is 4.93. The van der Waals surface area contributed by atoms with Gasteiger partial charge in [0.25, 0.3) is 5.56 Å². The minimum absolute atomic E-state index is 0.0761. The van der Waals surface area contributed by atoms with E-state index in [1.807, 2.05) is 47.9 Å². The van der Waals surface area contributed by atoms with Crippen LogP contribution >= 0.6 is 0 Å². The second kappa shape index (κ2) is 10.2. The average molecular weight is 490 g/mol. The number of benzene rings is 2. The van der Waals surface area contributed by atoms with Gasteiger partial charge >= 0.3 is 0 Å². The fourth-order valence-electron chi connectivity index (χ4n) is 5.38. The van der Waals surface area contributed by atoms with E-state index < -0.39 is 6.04 Å². The molecule has 188 valence electrons. The van der Waals surface area contributed by atoms with E-state index in [2.05, 4.69) is 15.3 Å². The van der Waals surface area contributed by atoms with Crippen LogP contribution in [0.2, 0.25) is 0 Å². The first-order valence-corrected chi connectivity index (χ1v) is 12.7. The molecule has 1 atom stereocenters. The molecule has 8 heteroatoms. The number of amides is 1. The van der Waals surface area contributed by atoms with Crippen molar-refractivity contribution in [3.63, 3.8) is 0 Å². The summed E-state index contributed by atoms with van der Waals surface area (Å²) in [4.78, 5) is 28.8. The molecule has 1 N–H and O–H groups in total. The maximum atomic E-state index is 14.0. The second-order valence-corrected chi connectivity index (χ2v) is 9.70. The Morgan fingerprint density at radius 2 is 1.83 bits per heavy atom. The van der Waals surface area contributed by atoms with Gasteiger partial charge < -0.3 is 9.88 Å². The highest BCUT2D eigenvalue weighted by Crippen LogP contribution is 2.31. The van der Waals surface area contributed by atoms with Gasteiger partial charge in [-0.3, -0.25) is 14.5 Å². The molecule has 5 rings (SSSR count). The number of aryl methyl sites for hydroxylation is 1. The monoisotopic (exact) mass is 489 g/mol. The molecule has 1 unspecified atom stereocenters. The predicted octanol–water partition coefficient (Wildman–Crippen LogP) is 4.01. The number of likely N-dealkylation sites (tertiary alicyclic amines) is 1. The fraction of sp³-hybridized carbons (Fsp3) is 0.393. The van der Waals surface area contributed by atoms with Crippen molar-refractivity contribution in [3.05, 3.63) is 76.5 Å². The minimum atomic E-state index is -0.497. The van der Waals surface area contributed by atoms with Crippen LogP contribution in [-0.2, 0) is 18.4 Å². The zero-order valence-corrected chi connectivity index (χ0v) is 20.8. The number of rotatable bonds is 7. The zero-order chi connectivity index (χ0) is 25.2. The van der Waals surface area contributed by atoms with Gasteiger partial charge in [-0.25, -0.2) is 9.07 Å². The lowest BCUT2D eigenvalue weighted by molar-refractivity contribution is -0.124. The van der Waals surface area contributed by atoms with Crippen molar-refractivity contribution < 1.29 is 9.18 Å². The van der Waals surface area contributed by atoms with Crippen molar-refractivity contribution in [2.75, 3.05) is 19.6 Å². The van der Waals surface area contributed by atoms with Crippen LogP contribution in [0.4, 0.5) is 4.39 Å². The van der Waals surface area contributed by atoms with Gasteiger partial charge in [-0.1, -0.05) is 43.3 Å². The smallest absolute Gasteiger partial charge is 0.291 e. The third kappa shape index (κ3) is 4.53. The lowest BCUT2D eigenvalue weighted by atomic mass is 9.96. The molecule has 0 saturated carbocycles. The normalized spacial score (nSPS) is 16.0. The van der Waals surface area contributed by atoms with Crippen LogP contribution in [0.15, 0.2) is 59.5 Å². The molecule has 0 aliphatic carbocycles. The molecule has 36 heavy (non-hydrogen) atoms. The molecular formula is C28H32FN5O2. The number of para-hydroxylation sites is 1. The Kier molecular flexibility index (Phi) is 6.87. The number of halogens is 1. The molecule has 1 aliphatic rings. The number of hydrogen-bond donors (Lipinski definition) is 1. The topological polar surface area (TPSA) is 72.2 Å². The summed E-state index contributed by atoms with van der Waals surface area (Å²) >= 11 is 0. The molecular weight excluding hydrogens is 457 g/mol. The lowest BCUT2D eigenvalue weighted by Crippen LogP contribution is -2.40. The van der Waals surface area contributed by atoms with Crippen molar-refractivity contribution in [1.29, 1.82) is 0 Å². The molecule has 2 aromatic carbocycles. The van der Waals surface area contributed by atoms with Crippen molar-refractivity contribution in [2.45, 2.75) is 38.8 Å². The summed E-state index contributed by atoms with van der Waals surface area (Å²) in [6, 6.07) is 14.2. The predicted molar refractivity (Wildman–Crippen MR) is 139 cm³/mol. The molecule has 2 aromatic heterocycles. The first-order chi connectivity index (χ1) is 17.5. The van der Waals surface area contributed by atoms with Crippen LogP contribution in [-0.4, -0.2) is 44.8 Å². The number of carbonyl (C=O) groups excluding carboxylic acids is 1. The molecule has 1 amide bonds. The molecule has 0 radical (unpaired) electrons. The summed E-state index contributed by atoms with van der Waals surface area (Å²) in [5.74, 6) is 0.138. The van der Waals surface area contributed by atoms with E-state index in [1.165, 1.54) is 10.7 Å². The number of hydrogen-bond acceptors (Lipinski definition) is 4. The van der Waals surface area contributed by atoms with Crippen molar-refractivity contribution >= 4 is 27.7 Å². The van der Waals surface area contributed by atoms with E-state index in [0.29, 0.717) is 30.9 Å². The minimum Gasteiger partial charge on any atom is -0.354 e. The van der Waals surface area contributed by atoms with Crippen molar-refractivity contribution in [2.24, 2.45) is 13.0 Å². The molecule has 0 bridgehead atoms. The Morgan fingerprint density at radius 1 is 1.11 bits per heavy atom. The van der Waals surface area contributed by atoms with Gasteiger partial charge in [0.2, 0.25) is 5.91 Å². The Hall–Kier alpha value is -3.52. The summed E-state index contributed by atoms with van der Waals surface area (Å²) < 4.78 is 17.2. The molecule has 1 fully saturated rings. The zero-order valence-electron chi connectivity index (χ0n) is 20.8. The standard InChI is InChI=1S/C28H32FN5O2/c1-3-24(34-25-11-7-5-9-21(25)22-17-31-32(2)28(36)26(22)34)27(35)30-16-19-12-14-33(15-13-19)18-20-8-4-6-10-23(20)29/h4-11,17,19,24H,3,12-16,18H2,1-2H3,(H,30,35). The van der Waals surface area contributed by atoms with Crippen LogP contribution < -0.4 is 10.9 Å². The average Bonchev–Trinajstić information content (AvgIpc) is 3.22. The molecule has 1 saturated heterocycles. The first-order valence-electron chi connectivity index (χ1n) is 12.7. The van der Waals surface area contributed by atoms with E-state index >= 15 is 0 Å². The highest BCUT2D eigenvalue weighted by molar-refractivity contribution is 6.08. The van der Waals surface area contributed by atoms with Gasteiger partial charge in [-0.15, -0.1) is 0 Å². The molecule has 3 heterocycles. The second-order valence-electron chi connectivity index (χ2n) is 9.70. The largest absolute Gasteiger partial charge is 0.354 e. The lowest BCUT2D eigenvalue weighted by Gasteiger charge is -2.32. The number of nitrogens with zero attached hydrogens (tertiary/aromatic N) is 4. The van der Waals surface area contributed by atoms with Crippen molar-refractivity contribution in [3.8, 4) is 0 Å². The van der Waals surface area contributed by atoms with Crippen LogP contribution in [0, 0.1) is 11.7 Å². The number of piperidine rings is 1. The third-order valence-corrected chi connectivity index (χ3v) is 7.43. The Bertz CT molecular complexity index is 1450. The van der Waals surface area contributed by atoms with Gasteiger partial charge in [-0.2, -0.15) is 5.10 Å². The van der Waals surface area contributed by atoms with Gasteiger partial charge in [0.05, 0.1) is 11.7 Å². The highest BCUT2D eigenvalue weighted by Gasteiger charge is 2.27. The van der Waals surface area contributed by atoms with E-state index in [1.54, 1.807) is 19.3 Å². The quantitative estimate of drug-likeness (QED) is 0.426. The Morgan fingerprint density at radius 3 is 2.58 bits per heavy atom. The number of fused-ring (bicyclic) bond motifs is 3. The van der Waals surface area contributed by atoms with E-state index in [4.69, 9.17) is 0 Å². The molecule has 4 aromatic rings. The van der Waals surface area contributed by atoms with Crippen LogP contribution in [0.1, 0.15) is 37.8 Å². The van der Waals surface area contributed by atoms with Gasteiger partial charge in [0, 0.05) is 36.5 Å². The van der Waals surface area contributed by atoms with Gasteiger partial charge in [0.1, 0.15) is 17.4 Å². The van der Waals surface area contributed by atoms with E-state index in [9.17, 15) is 14.0 Å². The van der Waals surface area contributed by atoms with Gasteiger partial charge in [0.15, 0.2) is 0 Å². The fourth-order valence-corrected chi connectivity index (χ4v) is 5.38. The number of nitrogens with one attached hydrogen (secondary N) is 1. The van der Waals surface area contributed by atoms with Crippen LogP contribution in [0.3, 0.4) is 0 Å². The molecule has 0 spiro atoms. The maximum absolute atomic E-state index is 14.0. The Labute approximate surface area is 209 Å². The maximum Gasteiger partial charge on any atom is 0.291 e. The number of aromatic nitrogens is 3. The first kappa shape index (κ1) is 24.2. The van der Waals surface area contributed by atoms with E-state index in [-0.39, 0.29) is 17.3 Å². The Balaban J connectivity index is 1.28. The third-order valence-electron chi connectivity index (χ3n) is 7.43. The summed E-state index contributed by atoms with van der Waals surface area (Å²) in [7, 11) is 1.63. The summed E-state index contributed by atoms with van der Waals surface area (Å²) in [6.07, 6.45) is 4.17. The SMILES string of the molecule is CCC(C(=O)NCC1CCN(Cc2ccccc2F)CC1)n1c2ccccc2c2cnn(C)c(=O)c21. The summed E-state index contributed by atoms with van der Waals surface area (Å²) in [5, 5.41) is 9.05. The summed E-state index contributed by atoms with van der Waals surface area (Å²) in [5.41, 5.74) is 1.89. The van der Waals surface area contributed by atoms with Crippen molar-refractivity contribution in [1.82, 2.24) is 24.6 Å². The van der Waals surface area contributed by atoms with Gasteiger partial charge in [-0.05, 0) is 50.4 Å². The van der Waals surface area contributed by atoms with E-state index in [0.717, 1.165) is 47.8 Å².